The molecule has 126 valence electrons. The molecule has 3 aliphatic heterocycles. The third kappa shape index (κ3) is 3.39. The van der Waals surface area contributed by atoms with E-state index < -0.39 is 18.0 Å². The second-order valence-corrected chi connectivity index (χ2v) is 6.38. The maximum absolute atomic E-state index is 11.1. The highest BCUT2D eigenvalue weighted by molar-refractivity contribution is 5.92. The minimum atomic E-state index is -0.877. The van der Waals surface area contributed by atoms with Gasteiger partial charge in [0.25, 0.3) is 0 Å². The summed E-state index contributed by atoms with van der Waals surface area (Å²) in [5, 5.41) is 20.8. The summed E-state index contributed by atoms with van der Waals surface area (Å²) in [7, 11) is 0. The number of allylic oxidation sites excluding steroid dienone is 2. The van der Waals surface area contributed by atoms with Gasteiger partial charge in [-0.2, -0.15) is 0 Å². The molecule has 0 aliphatic carbocycles. The molecule has 0 amide bonds. The molecule has 2 saturated heterocycles. The number of hydrogen-bond donors (Lipinski definition) is 3. The van der Waals surface area contributed by atoms with Crippen LogP contribution in [0.4, 0.5) is 0 Å². The Labute approximate surface area is 134 Å². The van der Waals surface area contributed by atoms with Gasteiger partial charge >= 0.3 is 11.9 Å². The number of nitrogens with one attached hydrogen (secondary N) is 1. The molecule has 3 aliphatic rings. The number of amidine groups is 1. The highest BCUT2D eigenvalue weighted by Gasteiger charge is 2.51. The van der Waals surface area contributed by atoms with E-state index in [-0.39, 0.29) is 37.0 Å². The van der Waals surface area contributed by atoms with E-state index in [4.69, 9.17) is 14.9 Å². The predicted molar refractivity (Wildman–Crippen MR) is 82.4 cm³/mol. The number of carboxylic acid groups (broad SMARTS) is 2. The Balaban J connectivity index is 1.60. The SMILES string of the molecule is O=C(O)CCC=CCC1C2CCC(O2)C1C1=NCC(C(=O)O)N1. The van der Waals surface area contributed by atoms with Gasteiger partial charge in [0.1, 0.15) is 11.9 Å². The normalized spacial score (nSPS) is 35.5. The van der Waals surface area contributed by atoms with E-state index in [1.165, 1.54) is 0 Å². The number of carboxylic acids is 2. The zero-order valence-electron chi connectivity index (χ0n) is 12.9. The van der Waals surface area contributed by atoms with Crippen LogP contribution in [0.1, 0.15) is 32.1 Å². The molecular weight excluding hydrogens is 300 g/mol. The Hall–Kier alpha value is -1.89. The molecular formula is C16H22N2O5. The maximum Gasteiger partial charge on any atom is 0.328 e. The fourth-order valence-electron chi connectivity index (χ4n) is 3.83. The fourth-order valence-corrected chi connectivity index (χ4v) is 3.83. The van der Waals surface area contributed by atoms with E-state index in [2.05, 4.69) is 10.3 Å². The highest BCUT2D eigenvalue weighted by Crippen LogP contribution is 2.46. The van der Waals surface area contributed by atoms with Crippen LogP contribution >= 0.6 is 0 Å². The molecule has 7 nitrogen and oxygen atoms in total. The Morgan fingerprint density at radius 1 is 1.26 bits per heavy atom. The highest BCUT2D eigenvalue weighted by atomic mass is 16.5. The van der Waals surface area contributed by atoms with Crippen LogP contribution in [-0.4, -0.2) is 52.8 Å². The zero-order chi connectivity index (χ0) is 16.4. The van der Waals surface area contributed by atoms with Crippen LogP contribution in [0.3, 0.4) is 0 Å². The van der Waals surface area contributed by atoms with Crippen LogP contribution in [0.5, 0.6) is 0 Å². The average Bonchev–Trinajstić information content (AvgIpc) is 3.21. The zero-order valence-corrected chi connectivity index (χ0v) is 12.9. The van der Waals surface area contributed by atoms with Crippen molar-refractivity contribution in [3.05, 3.63) is 12.2 Å². The summed E-state index contributed by atoms with van der Waals surface area (Å²) in [5.74, 6) is -0.484. The predicted octanol–water partition coefficient (Wildman–Crippen LogP) is 1.05. The van der Waals surface area contributed by atoms with Crippen molar-refractivity contribution in [2.75, 3.05) is 6.54 Å². The van der Waals surface area contributed by atoms with Gasteiger partial charge in [0.2, 0.25) is 0 Å². The van der Waals surface area contributed by atoms with Gasteiger partial charge in [0.05, 0.1) is 18.8 Å². The Morgan fingerprint density at radius 2 is 2.04 bits per heavy atom. The molecule has 3 N–H and O–H groups in total. The molecule has 3 rings (SSSR count). The number of rotatable bonds is 7. The minimum Gasteiger partial charge on any atom is -0.481 e. The molecule has 0 aromatic rings. The molecule has 0 saturated carbocycles. The number of hydrogen-bond acceptors (Lipinski definition) is 5. The lowest BCUT2D eigenvalue weighted by molar-refractivity contribution is -0.139. The van der Waals surface area contributed by atoms with Gasteiger partial charge in [-0.05, 0) is 25.7 Å². The largest absolute Gasteiger partial charge is 0.481 e. The molecule has 0 aromatic carbocycles. The van der Waals surface area contributed by atoms with E-state index in [1.54, 1.807) is 0 Å². The van der Waals surface area contributed by atoms with Crippen LogP contribution in [0.25, 0.3) is 0 Å². The van der Waals surface area contributed by atoms with Crippen molar-refractivity contribution in [2.45, 2.75) is 50.4 Å². The van der Waals surface area contributed by atoms with Gasteiger partial charge in [-0.15, -0.1) is 0 Å². The van der Waals surface area contributed by atoms with Crippen molar-refractivity contribution >= 4 is 17.8 Å². The van der Waals surface area contributed by atoms with Crippen molar-refractivity contribution in [2.24, 2.45) is 16.8 Å². The molecule has 2 fully saturated rings. The van der Waals surface area contributed by atoms with Crippen molar-refractivity contribution in [1.29, 1.82) is 0 Å². The molecule has 0 radical (unpaired) electrons. The van der Waals surface area contributed by atoms with Crippen LogP contribution in [-0.2, 0) is 14.3 Å². The number of carbonyl (C=O) groups is 2. The molecule has 0 spiro atoms. The summed E-state index contributed by atoms with van der Waals surface area (Å²) < 4.78 is 6.00. The van der Waals surface area contributed by atoms with Crippen LogP contribution in [0.15, 0.2) is 17.1 Å². The number of aliphatic carboxylic acids is 2. The van der Waals surface area contributed by atoms with Gasteiger partial charge in [-0.1, -0.05) is 12.2 Å². The topological polar surface area (TPSA) is 108 Å². The average molecular weight is 322 g/mol. The van der Waals surface area contributed by atoms with Crippen molar-refractivity contribution in [3.63, 3.8) is 0 Å². The molecule has 3 heterocycles. The van der Waals surface area contributed by atoms with Gasteiger partial charge in [0, 0.05) is 18.3 Å². The Bertz CT molecular complexity index is 545. The molecule has 5 unspecified atom stereocenters. The maximum atomic E-state index is 11.1. The molecule has 7 heteroatoms. The quantitative estimate of drug-likeness (QED) is 0.605. The van der Waals surface area contributed by atoms with Gasteiger partial charge in [-0.3, -0.25) is 9.79 Å². The van der Waals surface area contributed by atoms with E-state index in [9.17, 15) is 9.59 Å². The lowest BCUT2D eigenvalue weighted by Crippen LogP contribution is -2.44. The summed E-state index contributed by atoms with van der Waals surface area (Å²) in [6.07, 6.45) is 7.75. The third-order valence-electron chi connectivity index (χ3n) is 4.90. The van der Waals surface area contributed by atoms with Gasteiger partial charge in [0.15, 0.2) is 0 Å². The second kappa shape index (κ2) is 6.70. The van der Waals surface area contributed by atoms with Crippen molar-refractivity contribution in [1.82, 2.24) is 5.32 Å². The number of fused-ring (bicyclic) bond motifs is 2. The molecule has 2 bridgehead atoms. The number of nitrogens with zero attached hydrogens (tertiary/aromatic N) is 1. The van der Waals surface area contributed by atoms with Gasteiger partial charge < -0.3 is 20.3 Å². The first-order valence-corrected chi connectivity index (χ1v) is 8.12. The third-order valence-corrected chi connectivity index (χ3v) is 4.90. The first-order valence-electron chi connectivity index (χ1n) is 8.12. The standard InChI is InChI=1S/C16H22N2O5/c19-13(20)5-3-1-2-4-9-11-6-7-12(23-11)14(9)15-17-8-10(18-15)16(21)22/h1-2,9-12,14H,3-8H2,(H,17,18)(H,19,20)(H,21,22). The van der Waals surface area contributed by atoms with Gasteiger partial charge in [-0.25, -0.2) is 4.79 Å². The molecule has 0 aromatic heterocycles. The number of aliphatic imine (C=N–C) groups is 1. The second-order valence-electron chi connectivity index (χ2n) is 6.38. The molecule has 23 heavy (non-hydrogen) atoms. The summed E-state index contributed by atoms with van der Waals surface area (Å²) in [6, 6.07) is -0.629. The van der Waals surface area contributed by atoms with E-state index in [0.717, 1.165) is 25.1 Å². The van der Waals surface area contributed by atoms with Crippen molar-refractivity contribution in [3.8, 4) is 0 Å². The van der Waals surface area contributed by atoms with E-state index in [0.29, 0.717) is 6.42 Å². The Morgan fingerprint density at radius 3 is 2.74 bits per heavy atom. The lowest BCUT2D eigenvalue weighted by Gasteiger charge is -2.27. The van der Waals surface area contributed by atoms with E-state index >= 15 is 0 Å². The number of ether oxygens (including phenoxy) is 1. The first kappa shape index (κ1) is 16.0. The van der Waals surface area contributed by atoms with E-state index in [1.807, 2.05) is 12.2 Å². The lowest BCUT2D eigenvalue weighted by atomic mass is 9.76. The van der Waals surface area contributed by atoms with Crippen LogP contribution in [0.2, 0.25) is 0 Å². The summed E-state index contributed by atoms with van der Waals surface area (Å²) >= 11 is 0. The fraction of sp³-hybridized carbons (Fsp3) is 0.688. The summed E-state index contributed by atoms with van der Waals surface area (Å²) in [4.78, 5) is 26.0. The molecule has 5 atom stereocenters. The summed E-state index contributed by atoms with van der Waals surface area (Å²) in [5.41, 5.74) is 0. The Kier molecular flexibility index (Phi) is 4.66. The van der Waals surface area contributed by atoms with Crippen molar-refractivity contribution < 1.29 is 24.5 Å². The monoisotopic (exact) mass is 322 g/mol. The smallest absolute Gasteiger partial charge is 0.328 e. The minimum absolute atomic E-state index is 0.121. The van der Waals surface area contributed by atoms with Crippen LogP contribution in [0, 0.1) is 11.8 Å². The first-order chi connectivity index (χ1) is 11.1. The summed E-state index contributed by atoms with van der Waals surface area (Å²) in [6.45, 7) is 0.278. The van der Waals surface area contributed by atoms with Crippen LogP contribution < -0.4 is 5.32 Å².